The highest BCUT2D eigenvalue weighted by Crippen LogP contribution is 2.23. The Balaban J connectivity index is 1.76. The maximum absolute atomic E-state index is 13.5. The lowest BCUT2D eigenvalue weighted by atomic mass is 10.0. The van der Waals surface area contributed by atoms with Gasteiger partial charge < -0.3 is 14.6 Å². The van der Waals surface area contributed by atoms with Gasteiger partial charge in [0.15, 0.2) is 5.69 Å². The molecule has 2 amide bonds. The highest BCUT2D eigenvalue weighted by Gasteiger charge is 2.26. The van der Waals surface area contributed by atoms with E-state index >= 15 is 0 Å². The minimum atomic E-state index is -0.476. The normalized spacial score (nSPS) is 15.4. The van der Waals surface area contributed by atoms with Gasteiger partial charge in [0.1, 0.15) is 18.1 Å². The summed E-state index contributed by atoms with van der Waals surface area (Å²) in [6.07, 6.45) is 5.11. The molecule has 3 rings (SSSR count). The number of benzene rings is 1. The van der Waals surface area contributed by atoms with E-state index in [1.165, 1.54) is 24.5 Å². The fourth-order valence-electron chi connectivity index (χ4n) is 3.53. The molecule has 1 fully saturated rings. The van der Waals surface area contributed by atoms with Crippen LogP contribution in [0.4, 0.5) is 4.39 Å². The SMILES string of the molecule is Cc1cc(C(=O)N[C@@H](CC(C)C)c2nc(C(=O)N3CCCCC3)co2)ccc1F. The number of halogens is 1. The number of rotatable bonds is 6. The molecule has 0 bridgehead atoms. The van der Waals surface area contributed by atoms with E-state index in [0.717, 1.165) is 32.4 Å². The van der Waals surface area contributed by atoms with Crippen LogP contribution in [0, 0.1) is 18.7 Å². The third kappa shape index (κ3) is 5.22. The van der Waals surface area contributed by atoms with Crippen molar-refractivity contribution in [2.75, 3.05) is 13.1 Å². The van der Waals surface area contributed by atoms with Crippen LogP contribution in [0.1, 0.15) is 77.9 Å². The minimum Gasteiger partial charge on any atom is -0.446 e. The van der Waals surface area contributed by atoms with Crippen LogP contribution >= 0.6 is 0 Å². The molecule has 1 saturated heterocycles. The third-order valence-corrected chi connectivity index (χ3v) is 5.12. The lowest BCUT2D eigenvalue weighted by Crippen LogP contribution is -2.36. The highest BCUT2D eigenvalue weighted by atomic mass is 19.1. The molecule has 1 aromatic heterocycles. The van der Waals surface area contributed by atoms with Crippen molar-refractivity contribution in [3.8, 4) is 0 Å². The van der Waals surface area contributed by atoms with Crippen molar-refractivity contribution in [1.82, 2.24) is 15.2 Å². The van der Waals surface area contributed by atoms with Crippen LogP contribution in [-0.2, 0) is 0 Å². The molecule has 6 nitrogen and oxygen atoms in total. The first kappa shape index (κ1) is 21.0. The molecular formula is C22H28FN3O3. The molecule has 1 atom stereocenters. The monoisotopic (exact) mass is 401 g/mol. The molecule has 1 aliphatic heterocycles. The second kappa shape index (κ2) is 9.20. The standard InChI is InChI=1S/C22H28FN3O3/c1-14(2)11-18(24-20(27)16-7-8-17(23)15(3)12-16)21-25-19(13-29-21)22(28)26-9-5-4-6-10-26/h7-8,12-14,18H,4-6,9-11H2,1-3H3,(H,24,27)/t18-/m0/s1. The largest absolute Gasteiger partial charge is 0.446 e. The van der Waals surface area contributed by atoms with E-state index in [4.69, 9.17) is 4.42 Å². The molecule has 0 aliphatic carbocycles. The Kier molecular flexibility index (Phi) is 6.67. The van der Waals surface area contributed by atoms with E-state index in [2.05, 4.69) is 10.3 Å². The van der Waals surface area contributed by atoms with Crippen LogP contribution in [0.25, 0.3) is 0 Å². The Morgan fingerprint density at radius 2 is 1.97 bits per heavy atom. The summed E-state index contributed by atoms with van der Waals surface area (Å²) in [6.45, 7) is 7.15. The lowest BCUT2D eigenvalue weighted by Gasteiger charge is -2.25. The number of hydrogen-bond acceptors (Lipinski definition) is 4. The summed E-state index contributed by atoms with van der Waals surface area (Å²) in [5, 5.41) is 2.92. The van der Waals surface area contributed by atoms with Crippen molar-refractivity contribution in [2.24, 2.45) is 5.92 Å². The predicted octanol–water partition coefficient (Wildman–Crippen LogP) is 4.27. The second-order valence-corrected chi connectivity index (χ2v) is 8.04. The van der Waals surface area contributed by atoms with Crippen LogP contribution in [0.2, 0.25) is 0 Å². The summed E-state index contributed by atoms with van der Waals surface area (Å²) < 4.78 is 19.1. The van der Waals surface area contributed by atoms with Gasteiger partial charge in [-0.05, 0) is 62.3 Å². The van der Waals surface area contributed by atoms with Crippen molar-refractivity contribution in [2.45, 2.75) is 52.5 Å². The van der Waals surface area contributed by atoms with Gasteiger partial charge in [0.25, 0.3) is 11.8 Å². The first-order chi connectivity index (χ1) is 13.8. The molecule has 2 aromatic rings. The number of piperidine rings is 1. The summed E-state index contributed by atoms with van der Waals surface area (Å²) in [7, 11) is 0. The quantitative estimate of drug-likeness (QED) is 0.785. The van der Waals surface area contributed by atoms with Crippen LogP contribution in [0.5, 0.6) is 0 Å². The Bertz CT molecular complexity index is 872. The molecule has 0 radical (unpaired) electrons. The Morgan fingerprint density at radius 1 is 1.24 bits per heavy atom. The van der Waals surface area contributed by atoms with Crippen LogP contribution in [-0.4, -0.2) is 34.8 Å². The molecule has 1 aromatic carbocycles. The van der Waals surface area contributed by atoms with Crippen LogP contribution < -0.4 is 5.32 Å². The van der Waals surface area contributed by atoms with Gasteiger partial charge in [-0.15, -0.1) is 0 Å². The first-order valence-electron chi connectivity index (χ1n) is 10.2. The number of carbonyl (C=O) groups excluding carboxylic acids is 2. The highest BCUT2D eigenvalue weighted by molar-refractivity contribution is 5.94. The molecule has 1 N–H and O–H groups in total. The molecule has 1 aliphatic rings. The van der Waals surface area contributed by atoms with E-state index < -0.39 is 6.04 Å². The van der Waals surface area contributed by atoms with E-state index in [0.29, 0.717) is 23.4 Å². The van der Waals surface area contributed by atoms with Gasteiger partial charge in [0.05, 0.1) is 0 Å². The molecule has 0 unspecified atom stereocenters. The van der Waals surface area contributed by atoms with Gasteiger partial charge in [-0.1, -0.05) is 13.8 Å². The fraction of sp³-hybridized carbons (Fsp3) is 0.500. The Labute approximate surface area is 170 Å². The minimum absolute atomic E-state index is 0.136. The molecule has 0 saturated carbocycles. The topological polar surface area (TPSA) is 75.4 Å². The fourth-order valence-corrected chi connectivity index (χ4v) is 3.53. The van der Waals surface area contributed by atoms with Crippen molar-refractivity contribution in [3.05, 3.63) is 53.0 Å². The number of aryl methyl sites for hydroxylation is 1. The van der Waals surface area contributed by atoms with E-state index in [1.807, 2.05) is 13.8 Å². The van der Waals surface area contributed by atoms with Gasteiger partial charge in [-0.25, -0.2) is 9.37 Å². The molecule has 156 valence electrons. The lowest BCUT2D eigenvalue weighted by molar-refractivity contribution is 0.0718. The Hall–Kier alpha value is -2.70. The zero-order chi connectivity index (χ0) is 21.0. The number of nitrogens with one attached hydrogen (secondary N) is 1. The third-order valence-electron chi connectivity index (χ3n) is 5.12. The number of amides is 2. The molecular weight excluding hydrogens is 373 g/mol. The van der Waals surface area contributed by atoms with Crippen LogP contribution in [0.3, 0.4) is 0 Å². The van der Waals surface area contributed by atoms with Crippen LogP contribution in [0.15, 0.2) is 28.9 Å². The van der Waals surface area contributed by atoms with E-state index in [9.17, 15) is 14.0 Å². The number of oxazole rings is 1. The number of hydrogen-bond donors (Lipinski definition) is 1. The van der Waals surface area contributed by atoms with E-state index in [1.54, 1.807) is 11.8 Å². The molecule has 7 heteroatoms. The van der Waals surface area contributed by atoms with E-state index in [-0.39, 0.29) is 29.2 Å². The summed E-state index contributed by atoms with van der Waals surface area (Å²) in [5.41, 5.74) is 1.04. The van der Waals surface area contributed by atoms with Crippen molar-refractivity contribution in [1.29, 1.82) is 0 Å². The maximum atomic E-state index is 13.5. The smallest absolute Gasteiger partial charge is 0.275 e. The molecule has 2 heterocycles. The number of aromatic nitrogens is 1. The number of likely N-dealkylation sites (tertiary alicyclic amines) is 1. The van der Waals surface area contributed by atoms with Crippen molar-refractivity contribution < 1.29 is 18.4 Å². The average molecular weight is 401 g/mol. The molecule has 29 heavy (non-hydrogen) atoms. The van der Waals surface area contributed by atoms with Crippen molar-refractivity contribution >= 4 is 11.8 Å². The summed E-state index contributed by atoms with van der Waals surface area (Å²) in [6, 6.07) is 3.77. The van der Waals surface area contributed by atoms with Gasteiger partial charge >= 0.3 is 0 Å². The van der Waals surface area contributed by atoms with Gasteiger partial charge in [0.2, 0.25) is 5.89 Å². The molecule has 0 spiro atoms. The predicted molar refractivity (Wildman–Crippen MR) is 107 cm³/mol. The zero-order valence-corrected chi connectivity index (χ0v) is 17.2. The number of nitrogens with zero attached hydrogens (tertiary/aromatic N) is 2. The Morgan fingerprint density at radius 3 is 2.62 bits per heavy atom. The summed E-state index contributed by atoms with van der Waals surface area (Å²) in [5.74, 6) is -0.243. The van der Waals surface area contributed by atoms with Gasteiger partial charge in [0, 0.05) is 18.7 Å². The zero-order valence-electron chi connectivity index (χ0n) is 17.2. The van der Waals surface area contributed by atoms with Gasteiger partial charge in [-0.3, -0.25) is 9.59 Å². The average Bonchev–Trinajstić information content (AvgIpc) is 3.19. The second-order valence-electron chi connectivity index (χ2n) is 8.04. The van der Waals surface area contributed by atoms with Gasteiger partial charge in [-0.2, -0.15) is 0 Å². The number of carbonyl (C=O) groups is 2. The van der Waals surface area contributed by atoms with Crippen molar-refractivity contribution in [3.63, 3.8) is 0 Å². The maximum Gasteiger partial charge on any atom is 0.275 e. The summed E-state index contributed by atoms with van der Waals surface area (Å²) in [4.78, 5) is 31.5. The first-order valence-corrected chi connectivity index (χ1v) is 10.2. The summed E-state index contributed by atoms with van der Waals surface area (Å²) >= 11 is 0.